The number of hydrogen-bond acceptors (Lipinski definition) is 6. The second-order valence-corrected chi connectivity index (χ2v) is 7.16. The topological polar surface area (TPSA) is 74.6 Å². The summed E-state index contributed by atoms with van der Waals surface area (Å²) in [6.07, 6.45) is 0. The molecule has 0 fully saturated rings. The number of aromatic nitrogens is 2. The molecule has 3 aromatic rings. The fourth-order valence-corrected chi connectivity index (χ4v) is 3.97. The minimum absolute atomic E-state index is 0.188. The molecule has 4 rings (SSSR count). The summed E-state index contributed by atoms with van der Waals surface area (Å²) in [5, 5.41) is 3.29. The standard InChI is InChI=1S/C23H25N3O4/c1-14-16(8-7-11-19(14)29-4)21-20(22(27)30-13-12-28-3)15(2)24-23-25-17-9-5-6-10-18(17)26(21)23/h5-11,21H,12-13H2,1-4H3,(H,24,25)/t21-/m0/s1. The van der Waals surface area contributed by atoms with Crippen LogP contribution in [0.1, 0.15) is 24.1 Å². The van der Waals surface area contributed by atoms with Gasteiger partial charge in [-0.05, 0) is 43.2 Å². The highest BCUT2D eigenvalue weighted by Crippen LogP contribution is 2.41. The summed E-state index contributed by atoms with van der Waals surface area (Å²) < 4.78 is 18.1. The van der Waals surface area contributed by atoms with Gasteiger partial charge in [0.05, 0.1) is 36.4 Å². The van der Waals surface area contributed by atoms with Gasteiger partial charge in [-0.15, -0.1) is 0 Å². The third-order valence-electron chi connectivity index (χ3n) is 5.41. The number of fused-ring (bicyclic) bond motifs is 3. The lowest BCUT2D eigenvalue weighted by Crippen LogP contribution is -2.30. The molecule has 0 bridgehead atoms. The molecule has 1 N–H and O–H groups in total. The van der Waals surface area contributed by atoms with Crippen LogP contribution in [0.2, 0.25) is 0 Å². The molecule has 7 nitrogen and oxygen atoms in total. The zero-order valence-corrected chi connectivity index (χ0v) is 17.6. The molecule has 1 aliphatic rings. The molecule has 0 unspecified atom stereocenters. The first-order valence-electron chi connectivity index (χ1n) is 9.81. The molecule has 7 heteroatoms. The summed E-state index contributed by atoms with van der Waals surface area (Å²) in [7, 11) is 3.22. The van der Waals surface area contributed by atoms with E-state index >= 15 is 0 Å². The zero-order valence-electron chi connectivity index (χ0n) is 17.6. The first-order chi connectivity index (χ1) is 14.6. The molecule has 0 aliphatic carbocycles. The lowest BCUT2D eigenvalue weighted by molar-refractivity contribution is -0.140. The average molecular weight is 407 g/mol. The molecule has 1 atom stereocenters. The van der Waals surface area contributed by atoms with Gasteiger partial charge in [0.25, 0.3) is 0 Å². The summed E-state index contributed by atoms with van der Waals surface area (Å²) in [4.78, 5) is 17.9. The Balaban J connectivity index is 1.92. The van der Waals surface area contributed by atoms with Crippen molar-refractivity contribution in [2.45, 2.75) is 19.9 Å². The summed E-state index contributed by atoms with van der Waals surface area (Å²) in [6, 6.07) is 13.3. The zero-order chi connectivity index (χ0) is 21.3. The van der Waals surface area contributed by atoms with Gasteiger partial charge in [0.2, 0.25) is 5.95 Å². The molecule has 156 valence electrons. The molecule has 0 saturated heterocycles. The van der Waals surface area contributed by atoms with Crippen LogP contribution in [0.15, 0.2) is 53.7 Å². The number of imidazole rings is 1. The Bertz CT molecular complexity index is 1130. The van der Waals surface area contributed by atoms with E-state index in [0.717, 1.165) is 27.9 Å². The number of carbonyl (C=O) groups is 1. The van der Waals surface area contributed by atoms with Gasteiger partial charge in [0, 0.05) is 12.8 Å². The maximum absolute atomic E-state index is 13.2. The Labute approximate surface area is 175 Å². The number of para-hydroxylation sites is 2. The maximum atomic E-state index is 13.2. The molecular weight excluding hydrogens is 382 g/mol. The first kappa shape index (κ1) is 20.0. The summed E-state index contributed by atoms with van der Waals surface area (Å²) in [6.45, 7) is 4.40. The van der Waals surface area contributed by atoms with Gasteiger partial charge in [0.15, 0.2) is 0 Å². The molecule has 1 aliphatic heterocycles. The average Bonchev–Trinajstić information content (AvgIpc) is 3.11. The smallest absolute Gasteiger partial charge is 0.338 e. The number of nitrogens with zero attached hydrogens (tertiary/aromatic N) is 2. The van der Waals surface area contributed by atoms with E-state index in [-0.39, 0.29) is 12.6 Å². The molecule has 0 radical (unpaired) electrons. The fourth-order valence-electron chi connectivity index (χ4n) is 3.97. The van der Waals surface area contributed by atoms with E-state index in [2.05, 4.69) is 9.88 Å². The van der Waals surface area contributed by atoms with Crippen molar-refractivity contribution in [1.82, 2.24) is 9.55 Å². The Kier molecular flexibility index (Phi) is 5.46. The van der Waals surface area contributed by atoms with Crippen molar-refractivity contribution in [2.24, 2.45) is 0 Å². The van der Waals surface area contributed by atoms with Crippen molar-refractivity contribution >= 4 is 23.0 Å². The third-order valence-corrected chi connectivity index (χ3v) is 5.41. The minimum atomic E-state index is -0.404. The van der Waals surface area contributed by atoms with Crippen molar-refractivity contribution < 1.29 is 19.0 Å². The lowest BCUT2D eigenvalue weighted by atomic mass is 9.91. The van der Waals surface area contributed by atoms with Crippen LogP contribution in [0, 0.1) is 6.92 Å². The minimum Gasteiger partial charge on any atom is -0.496 e. The van der Waals surface area contributed by atoms with Crippen LogP contribution in [-0.4, -0.2) is 43.0 Å². The van der Waals surface area contributed by atoms with Gasteiger partial charge in [-0.3, -0.25) is 4.57 Å². The number of carbonyl (C=O) groups excluding carboxylic acids is 1. The van der Waals surface area contributed by atoms with Crippen LogP contribution in [0.3, 0.4) is 0 Å². The number of nitrogens with one attached hydrogen (secondary N) is 1. The van der Waals surface area contributed by atoms with Crippen LogP contribution >= 0.6 is 0 Å². The SMILES string of the molecule is COCCOC(=O)C1=C(C)Nc2nc3ccccc3n2[C@H]1c1cccc(OC)c1C. The highest BCUT2D eigenvalue weighted by atomic mass is 16.6. The Morgan fingerprint density at radius 3 is 2.67 bits per heavy atom. The molecule has 0 saturated carbocycles. The van der Waals surface area contributed by atoms with Gasteiger partial charge in [-0.25, -0.2) is 9.78 Å². The number of benzene rings is 2. The van der Waals surface area contributed by atoms with Crippen LogP contribution in [0.5, 0.6) is 5.75 Å². The number of ether oxygens (including phenoxy) is 3. The largest absolute Gasteiger partial charge is 0.496 e. The third kappa shape index (κ3) is 3.31. The highest BCUT2D eigenvalue weighted by molar-refractivity contribution is 5.94. The monoisotopic (exact) mass is 407 g/mol. The molecule has 2 aromatic carbocycles. The maximum Gasteiger partial charge on any atom is 0.338 e. The van der Waals surface area contributed by atoms with Gasteiger partial charge >= 0.3 is 5.97 Å². The number of hydrogen-bond donors (Lipinski definition) is 1. The van der Waals surface area contributed by atoms with Crippen LogP contribution in [-0.2, 0) is 14.3 Å². The van der Waals surface area contributed by atoms with E-state index in [9.17, 15) is 4.79 Å². The van der Waals surface area contributed by atoms with Crippen molar-refractivity contribution in [1.29, 1.82) is 0 Å². The predicted molar refractivity (Wildman–Crippen MR) is 115 cm³/mol. The summed E-state index contributed by atoms with van der Waals surface area (Å²) in [5.74, 6) is 1.07. The van der Waals surface area contributed by atoms with Crippen LogP contribution in [0.4, 0.5) is 5.95 Å². The Morgan fingerprint density at radius 2 is 1.90 bits per heavy atom. The van der Waals surface area contributed by atoms with E-state index in [1.807, 2.05) is 56.3 Å². The van der Waals surface area contributed by atoms with Crippen LogP contribution in [0.25, 0.3) is 11.0 Å². The molecule has 1 aromatic heterocycles. The number of rotatable bonds is 6. The van der Waals surface area contributed by atoms with Crippen LogP contribution < -0.4 is 10.1 Å². The molecule has 30 heavy (non-hydrogen) atoms. The van der Waals surface area contributed by atoms with E-state index in [4.69, 9.17) is 19.2 Å². The molecule has 0 amide bonds. The molecule has 0 spiro atoms. The summed E-state index contributed by atoms with van der Waals surface area (Å²) >= 11 is 0. The molecular formula is C23H25N3O4. The number of methoxy groups -OCH3 is 2. The van der Waals surface area contributed by atoms with E-state index in [0.29, 0.717) is 23.8 Å². The quantitative estimate of drug-likeness (QED) is 0.494. The highest BCUT2D eigenvalue weighted by Gasteiger charge is 2.36. The predicted octanol–water partition coefficient (Wildman–Crippen LogP) is 3.83. The van der Waals surface area contributed by atoms with Crippen molar-refractivity contribution in [3.63, 3.8) is 0 Å². The normalized spacial score (nSPS) is 15.7. The number of allylic oxidation sites excluding steroid dienone is 1. The van der Waals surface area contributed by atoms with E-state index in [1.54, 1.807) is 14.2 Å². The van der Waals surface area contributed by atoms with E-state index < -0.39 is 6.04 Å². The summed E-state index contributed by atoms with van der Waals surface area (Å²) in [5.41, 5.74) is 4.96. The number of anilines is 1. The first-order valence-corrected chi connectivity index (χ1v) is 9.81. The van der Waals surface area contributed by atoms with Crippen molar-refractivity contribution in [3.8, 4) is 5.75 Å². The van der Waals surface area contributed by atoms with Crippen molar-refractivity contribution in [3.05, 3.63) is 64.9 Å². The Morgan fingerprint density at radius 1 is 1.10 bits per heavy atom. The fraction of sp³-hybridized carbons (Fsp3) is 0.304. The molecule has 2 heterocycles. The lowest BCUT2D eigenvalue weighted by Gasteiger charge is -2.31. The van der Waals surface area contributed by atoms with Gasteiger partial charge in [0.1, 0.15) is 12.4 Å². The second kappa shape index (κ2) is 8.20. The second-order valence-electron chi connectivity index (χ2n) is 7.16. The van der Waals surface area contributed by atoms with Gasteiger partial charge < -0.3 is 19.5 Å². The Hall–Kier alpha value is -3.32. The van der Waals surface area contributed by atoms with Gasteiger partial charge in [-0.2, -0.15) is 0 Å². The number of esters is 1. The van der Waals surface area contributed by atoms with E-state index in [1.165, 1.54) is 0 Å². The van der Waals surface area contributed by atoms with Gasteiger partial charge in [-0.1, -0.05) is 24.3 Å². The van der Waals surface area contributed by atoms with Crippen molar-refractivity contribution in [2.75, 3.05) is 32.8 Å².